The minimum atomic E-state index is -0.0674. The van der Waals surface area contributed by atoms with Gasteiger partial charge in [-0.3, -0.25) is 14.4 Å². The van der Waals surface area contributed by atoms with Crippen molar-refractivity contribution in [2.75, 3.05) is 38.0 Å². The number of carbonyl (C=O) groups excluding carboxylic acids is 3. The number of aryl methyl sites for hydroxylation is 1. The molecule has 2 fully saturated rings. The third-order valence-electron chi connectivity index (χ3n) is 4.92. The van der Waals surface area contributed by atoms with Crippen LogP contribution in [-0.2, 0) is 9.59 Å². The molecule has 0 bridgehead atoms. The summed E-state index contributed by atoms with van der Waals surface area (Å²) >= 11 is 0. The number of nitrogens with one attached hydrogen (secondary N) is 2. The van der Waals surface area contributed by atoms with Crippen LogP contribution in [0.2, 0.25) is 0 Å². The van der Waals surface area contributed by atoms with Gasteiger partial charge in [0.1, 0.15) is 0 Å². The lowest BCUT2D eigenvalue weighted by atomic mass is 10.1. The average molecular weight is 358 g/mol. The number of piperazine rings is 1. The van der Waals surface area contributed by atoms with Crippen molar-refractivity contribution >= 4 is 23.4 Å². The first kappa shape index (κ1) is 18.2. The highest BCUT2D eigenvalue weighted by molar-refractivity contribution is 5.96. The van der Waals surface area contributed by atoms with Crippen LogP contribution in [0.15, 0.2) is 18.2 Å². The van der Waals surface area contributed by atoms with Crippen LogP contribution in [-0.4, -0.2) is 66.3 Å². The zero-order valence-electron chi connectivity index (χ0n) is 15.4. The first-order valence-electron chi connectivity index (χ1n) is 9.12. The molecule has 7 heteroatoms. The van der Waals surface area contributed by atoms with Crippen LogP contribution >= 0.6 is 0 Å². The van der Waals surface area contributed by atoms with Gasteiger partial charge in [-0.05, 0) is 37.5 Å². The molecule has 140 valence electrons. The second-order valence-corrected chi connectivity index (χ2v) is 7.02. The predicted molar refractivity (Wildman–Crippen MR) is 99.0 cm³/mol. The number of carbonyl (C=O) groups is 3. The van der Waals surface area contributed by atoms with E-state index in [1.165, 1.54) is 0 Å². The Kier molecular flexibility index (Phi) is 5.44. The molecule has 1 aromatic carbocycles. The van der Waals surface area contributed by atoms with Crippen molar-refractivity contribution in [3.63, 3.8) is 0 Å². The van der Waals surface area contributed by atoms with E-state index in [9.17, 15) is 14.4 Å². The van der Waals surface area contributed by atoms with Crippen molar-refractivity contribution in [2.24, 2.45) is 0 Å². The Morgan fingerprint density at radius 2 is 1.73 bits per heavy atom. The first-order valence-corrected chi connectivity index (χ1v) is 9.12. The van der Waals surface area contributed by atoms with Crippen molar-refractivity contribution in [3.05, 3.63) is 29.3 Å². The van der Waals surface area contributed by atoms with E-state index in [1.54, 1.807) is 28.9 Å². The second-order valence-electron chi connectivity index (χ2n) is 7.02. The molecule has 0 atom stereocenters. The highest BCUT2D eigenvalue weighted by Crippen LogP contribution is 2.21. The molecule has 2 N–H and O–H groups in total. The van der Waals surface area contributed by atoms with Crippen LogP contribution in [0.3, 0.4) is 0 Å². The second kappa shape index (κ2) is 7.76. The van der Waals surface area contributed by atoms with Gasteiger partial charge < -0.3 is 20.4 Å². The van der Waals surface area contributed by atoms with Crippen LogP contribution in [0.4, 0.5) is 5.69 Å². The Balaban J connectivity index is 1.54. The van der Waals surface area contributed by atoms with Crippen molar-refractivity contribution in [1.29, 1.82) is 0 Å². The zero-order chi connectivity index (χ0) is 18.7. The number of hydrogen-bond acceptors (Lipinski definition) is 4. The molecule has 0 spiro atoms. The molecule has 3 rings (SSSR count). The topological polar surface area (TPSA) is 81.8 Å². The molecule has 0 radical (unpaired) electrons. The highest BCUT2D eigenvalue weighted by atomic mass is 16.2. The number of rotatable bonds is 5. The lowest BCUT2D eigenvalue weighted by Crippen LogP contribution is -2.51. The van der Waals surface area contributed by atoms with Crippen molar-refractivity contribution in [2.45, 2.75) is 32.7 Å². The summed E-state index contributed by atoms with van der Waals surface area (Å²) in [5.41, 5.74) is 2.39. The molecule has 2 aliphatic rings. The van der Waals surface area contributed by atoms with Gasteiger partial charge in [-0.2, -0.15) is 0 Å². The summed E-state index contributed by atoms with van der Waals surface area (Å²) in [7, 11) is 0. The van der Waals surface area contributed by atoms with Gasteiger partial charge in [0, 0.05) is 50.4 Å². The Morgan fingerprint density at radius 1 is 1.08 bits per heavy atom. The van der Waals surface area contributed by atoms with Gasteiger partial charge in [0.15, 0.2) is 0 Å². The molecule has 7 nitrogen and oxygen atoms in total. The van der Waals surface area contributed by atoms with E-state index in [4.69, 9.17) is 0 Å². The molecule has 1 saturated carbocycles. The summed E-state index contributed by atoms with van der Waals surface area (Å²) in [4.78, 5) is 39.5. The quantitative estimate of drug-likeness (QED) is 0.822. The molecule has 1 aromatic rings. The van der Waals surface area contributed by atoms with Gasteiger partial charge >= 0.3 is 0 Å². The van der Waals surface area contributed by atoms with Crippen molar-refractivity contribution in [3.8, 4) is 0 Å². The molecule has 26 heavy (non-hydrogen) atoms. The summed E-state index contributed by atoms with van der Waals surface area (Å²) in [5, 5.41) is 6.13. The number of benzene rings is 1. The van der Waals surface area contributed by atoms with Crippen LogP contribution < -0.4 is 10.6 Å². The summed E-state index contributed by atoms with van der Waals surface area (Å²) in [5.74, 6) is -0.0187. The molecule has 3 amide bonds. The number of anilines is 1. The fourth-order valence-corrected chi connectivity index (χ4v) is 3.00. The third-order valence-corrected chi connectivity index (χ3v) is 4.92. The Labute approximate surface area is 153 Å². The van der Waals surface area contributed by atoms with Gasteiger partial charge in [-0.15, -0.1) is 0 Å². The smallest absolute Gasteiger partial charge is 0.251 e. The summed E-state index contributed by atoms with van der Waals surface area (Å²) < 4.78 is 0. The summed E-state index contributed by atoms with van der Waals surface area (Å²) in [6.45, 7) is 5.95. The number of nitrogens with zero attached hydrogens (tertiary/aromatic N) is 2. The maximum Gasteiger partial charge on any atom is 0.251 e. The van der Waals surface area contributed by atoms with E-state index in [0.717, 1.165) is 24.1 Å². The van der Waals surface area contributed by atoms with E-state index < -0.39 is 0 Å². The fraction of sp³-hybridized carbons (Fsp3) is 0.526. The minimum absolute atomic E-state index is 0.000405. The predicted octanol–water partition coefficient (Wildman–Crippen LogP) is 0.990. The van der Waals surface area contributed by atoms with Gasteiger partial charge in [0.2, 0.25) is 11.8 Å². The van der Waals surface area contributed by atoms with E-state index in [0.29, 0.717) is 37.8 Å². The van der Waals surface area contributed by atoms with E-state index in [2.05, 4.69) is 10.6 Å². The standard InChI is InChI=1S/C19H26N4O3/c1-13-3-4-15(19(26)21-16-5-6-16)11-17(13)20-12-18(25)23-9-7-22(8-10-23)14(2)24/h3-4,11,16,20H,5-10,12H2,1-2H3,(H,21,26). The monoisotopic (exact) mass is 358 g/mol. The molecular weight excluding hydrogens is 332 g/mol. The van der Waals surface area contributed by atoms with Gasteiger partial charge in [0.25, 0.3) is 5.91 Å². The Hall–Kier alpha value is -2.57. The SMILES string of the molecule is CC(=O)N1CCN(C(=O)CNc2cc(C(=O)NC3CC3)ccc2C)CC1. The van der Waals surface area contributed by atoms with E-state index in [-0.39, 0.29) is 24.3 Å². The molecule has 0 unspecified atom stereocenters. The first-order chi connectivity index (χ1) is 12.4. The lowest BCUT2D eigenvalue weighted by molar-refractivity contribution is -0.137. The average Bonchev–Trinajstić information content (AvgIpc) is 3.44. The normalized spacial score (nSPS) is 17.0. The minimum Gasteiger partial charge on any atom is -0.376 e. The van der Waals surface area contributed by atoms with Gasteiger partial charge in [-0.25, -0.2) is 0 Å². The van der Waals surface area contributed by atoms with Crippen LogP contribution in [0.5, 0.6) is 0 Å². The Bertz CT molecular complexity index is 707. The summed E-state index contributed by atoms with van der Waals surface area (Å²) in [6.07, 6.45) is 2.10. The van der Waals surface area contributed by atoms with Crippen molar-refractivity contribution in [1.82, 2.24) is 15.1 Å². The van der Waals surface area contributed by atoms with Gasteiger partial charge in [0.05, 0.1) is 6.54 Å². The van der Waals surface area contributed by atoms with Crippen molar-refractivity contribution < 1.29 is 14.4 Å². The molecule has 1 aliphatic carbocycles. The lowest BCUT2D eigenvalue weighted by Gasteiger charge is -2.34. The molecule has 1 aliphatic heterocycles. The maximum absolute atomic E-state index is 12.4. The molecular formula is C19H26N4O3. The van der Waals surface area contributed by atoms with Crippen LogP contribution in [0.25, 0.3) is 0 Å². The summed E-state index contributed by atoms with van der Waals surface area (Å²) in [6, 6.07) is 5.81. The maximum atomic E-state index is 12.4. The number of amides is 3. The molecule has 0 aromatic heterocycles. The zero-order valence-corrected chi connectivity index (χ0v) is 15.4. The molecule has 1 saturated heterocycles. The third kappa shape index (κ3) is 4.53. The Morgan fingerprint density at radius 3 is 2.35 bits per heavy atom. The van der Waals surface area contributed by atoms with E-state index in [1.807, 2.05) is 13.0 Å². The number of hydrogen-bond donors (Lipinski definition) is 2. The largest absolute Gasteiger partial charge is 0.376 e. The van der Waals surface area contributed by atoms with Gasteiger partial charge in [-0.1, -0.05) is 6.07 Å². The highest BCUT2D eigenvalue weighted by Gasteiger charge is 2.24. The molecule has 1 heterocycles. The fourth-order valence-electron chi connectivity index (χ4n) is 3.00. The van der Waals surface area contributed by atoms with Crippen LogP contribution in [0, 0.1) is 6.92 Å². The van der Waals surface area contributed by atoms with Crippen LogP contribution in [0.1, 0.15) is 35.7 Å². The van der Waals surface area contributed by atoms with E-state index >= 15 is 0 Å².